The van der Waals surface area contributed by atoms with E-state index in [1.165, 1.54) is 5.56 Å². The van der Waals surface area contributed by atoms with Gasteiger partial charge in [0.25, 0.3) is 0 Å². The number of carbonyl (C=O) groups is 1. The molecule has 17 heavy (non-hydrogen) atoms. The van der Waals surface area contributed by atoms with Crippen LogP contribution in [0.4, 0.5) is 0 Å². The number of pyridine rings is 1. The summed E-state index contributed by atoms with van der Waals surface area (Å²) < 4.78 is 0. The van der Waals surface area contributed by atoms with E-state index in [-0.39, 0.29) is 11.9 Å². The zero-order chi connectivity index (χ0) is 12.1. The first-order chi connectivity index (χ1) is 8.25. The topological polar surface area (TPSA) is 71.2 Å². The van der Waals surface area contributed by atoms with Crippen molar-refractivity contribution in [2.24, 2.45) is 5.73 Å². The van der Waals surface area contributed by atoms with Crippen LogP contribution in [-0.4, -0.2) is 41.5 Å². The molecule has 1 aromatic rings. The summed E-state index contributed by atoms with van der Waals surface area (Å²) in [5.41, 5.74) is 6.44. The zero-order valence-electron chi connectivity index (χ0n) is 9.80. The van der Waals surface area contributed by atoms with Gasteiger partial charge in [-0.1, -0.05) is 6.07 Å². The predicted molar refractivity (Wildman–Crippen MR) is 65.1 cm³/mol. The highest BCUT2D eigenvalue weighted by molar-refractivity contribution is 5.74. The number of aromatic nitrogens is 1. The molecule has 0 saturated carbocycles. The van der Waals surface area contributed by atoms with Gasteiger partial charge in [0.05, 0.1) is 0 Å². The van der Waals surface area contributed by atoms with Gasteiger partial charge in [0.15, 0.2) is 0 Å². The third kappa shape index (κ3) is 3.51. The fraction of sp³-hybridized carbons (Fsp3) is 0.500. The Bertz CT molecular complexity index is 368. The standard InChI is InChI=1S/C12H18N4O/c13-12(17)6-11-8-15-4-5-16(11)9-10-2-1-3-14-7-10/h1-3,7,11,15H,4-6,8-9H2,(H2,13,17). The second kappa shape index (κ2) is 5.75. The van der Waals surface area contributed by atoms with Crippen LogP contribution in [-0.2, 0) is 11.3 Å². The van der Waals surface area contributed by atoms with E-state index in [4.69, 9.17) is 5.73 Å². The maximum atomic E-state index is 11.0. The Balaban J connectivity index is 1.99. The smallest absolute Gasteiger partial charge is 0.219 e. The summed E-state index contributed by atoms with van der Waals surface area (Å²) in [4.78, 5) is 17.4. The fourth-order valence-corrected chi connectivity index (χ4v) is 2.17. The van der Waals surface area contributed by atoms with E-state index in [1.807, 2.05) is 12.3 Å². The number of primary amides is 1. The number of nitrogens with zero attached hydrogens (tertiary/aromatic N) is 2. The quantitative estimate of drug-likeness (QED) is 0.752. The summed E-state index contributed by atoms with van der Waals surface area (Å²) >= 11 is 0. The van der Waals surface area contributed by atoms with Crippen molar-refractivity contribution in [3.8, 4) is 0 Å². The number of carbonyl (C=O) groups excluding carboxylic acids is 1. The summed E-state index contributed by atoms with van der Waals surface area (Å²) in [7, 11) is 0. The molecule has 0 radical (unpaired) electrons. The van der Waals surface area contributed by atoms with Crippen LogP contribution in [0, 0.1) is 0 Å². The van der Waals surface area contributed by atoms with Crippen LogP contribution >= 0.6 is 0 Å². The minimum absolute atomic E-state index is 0.196. The molecule has 1 fully saturated rings. The van der Waals surface area contributed by atoms with Gasteiger partial charge in [-0.25, -0.2) is 0 Å². The zero-order valence-corrected chi connectivity index (χ0v) is 9.80. The van der Waals surface area contributed by atoms with E-state index in [9.17, 15) is 4.79 Å². The molecule has 92 valence electrons. The van der Waals surface area contributed by atoms with Gasteiger partial charge in [0, 0.05) is 51.0 Å². The van der Waals surface area contributed by atoms with Crippen molar-refractivity contribution in [2.45, 2.75) is 19.0 Å². The lowest BCUT2D eigenvalue weighted by Crippen LogP contribution is -2.52. The van der Waals surface area contributed by atoms with Crippen LogP contribution < -0.4 is 11.1 Å². The number of nitrogens with one attached hydrogen (secondary N) is 1. The van der Waals surface area contributed by atoms with E-state index < -0.39 is 0 Å². The van der Waals surface area contributed by atoms with Gasteiger partial charge in [-0.15, -0.1) is 0 Å². The first kappa shape index (κ1) is 12.0. The van der Waals surface area contributed by atoms with Crippen molar-refractivity contribution in [1.82, 2.24) is 15.2 Å². The highest BCUT2D eigenvalue weighted by Crippen LogP contribution is 2.11. The van der Waals surface area contributed by atoms with E-state index in [2.05, 4.69) is 21.3 Å². The minimum atomic E-state index is -0.241. The van der Waals surface area contributed by atoms with Gasteiger partial charge in [-0.05, 0) is 11.6 Å². The number of hydrogen-bond donors (Lipinski definition) is 2. The molecule has 1 aromatic heterocycles. The van der Waals surface area contributed by atoms with Crippen molar-refractivity contribution in [2.75, 3.05) is 19.6 Å². The normalized spacial score (nSPS) is 21.3. The second-order valence-corrected chi connectivity index (χ2v) is 4.36. The lowest BCUT2D eigenvalue weighted by atomic mass is 10.1. The highest BCUT2D eigenvalue weighted by atomic mass is 16.1. The minimum Gasteiger partial charge on any atom is -0.370 e. The van der Waals surface area contributed by atoms with Crippen LogP contribution in [0.3, 0.4) is 0 Å². The Labute approximate surface area is 101 Å². The van der Waals surface area contributed by atoms with Crippen LogP contribution in [0.15, 0.2) is 24.5 Å². The SMILES string of the molecule is NC(=O)CC1CNCCN1Cc1cccnc1. The maximum absolute atomic E-state index is 11.0. The number of nitrogens with two attached hydrogens (primary N) is 1. The third-order valence-corrected chi connectivity index (χ3v) is 3.02. The highest BCUT2D eigenvalue weighted by Gasteiger charge is 2.23. The molecule has 5 nitrogen and oxygen atoms in total. The third-order valence-electron chi connectivity index (χ3n) is 3.02. The number of hydrogen-bond acceptors (Lipinski definition) is 4. The van der Waals surface area contributed by atoms with Crippen LogP contribution in [0.2, 0.25) is 0 Å². The van der Waals surface area contributed by atoms with Gasteiger partial charge in [0.1, 0.15) is 0 Å². The Morgan fingerprint density at radius 2 is 2.53 bits per heavy atom. The van der Waals surface area contributed by atoms with Crippen LogP contribution in [0.1, 0.15) is 12.0 Å². The molecule has 1 amide bonds. The van der Waals surface area contributed by atoms with Gasteiger partial charge >= 0.3 is 0 Å². The first-order valence-electron chi connectivity index (χ1n) is 5.87. The average Bonchev–Trinajstić information content (AvgIpc) is 2.32. The Kier molecular flexibility index (Phi) is 4.06. The largest absolute Gasteiger partial charge is 0.370 e. The van der Waals surface area contributed by atoms with Crippen molar-refractivity contribution < 1.29 is 4.79 Å². The number of piperazine rings is 1. The fourth-order valence-electron chi connectivity index (χ4n) is 2.17. The first-order valence-corrected chi connectivity index (χ1v) is 5.87. The predicted octanol–water partition coefficient (Wildman–Crippen LogP) is -0.269. The lowest BCUT2D eigenvalue weighted by molar-refractivity contribution is -0.119. The summed E-state index contributed by atoms with van der Waals surface area (Å²) in [6.45, 7) is 3.54. The molecular formula is C12H18N4O. The Morgan fingerprint density at radius 1 is 1.65 bits per heavy atom. The Hall–Kier alpha value is -1.46. The van der Waals surface area contributed by atoms with Crippen LogP contribution in [0.5, 0.6) is 0 Å². The molecular weight excluding hydrogens is 216 g/mol. The van der Waals surface area contributed by atoms with Crippen molar-refractivity contribution >= 4 is 5.91 Å². The summed E-state index contributed by atoms with van der Waals surface area (Å²) in [6.07, 6.45) is 4.04. The molecule has 0 spiro atoms. The van der Waals surface area contributed by atoms with Crippen molar-refractivity contribution in [1.29, 1.82) is 0 Å². The molecule has 0 aliphatic carbocycles. The maximum Gasteiger partial charge on any atom is 0.219 e. The average molecular weight is 234 g/mol. The van der Waals surface area contributed by atoms with Crippen molar-refractivity contribution in [3.05, 3.63) is 30.1 Å². The number of amides is 1. The number of rotatable bonds is 4. The summed E-state index contributed by atoms with van der Waals surface area (Å²) in [5, 5.41) is 3.29. The molecule has 1 aliphatic rings. The summed E-state index contributed by atoms with van der Waals surface area (Å²) in [6, 6.07) is 4.18. The molecule has 1 aliphatic heterocycles. The summed E-state index contributed by atoms with van der Waals surface area (Å²) in [5.74, 6) is -0.241. The molecule has 5 heteroatoms. The van der Waals surface area contributed by atoms with Gasteiger partial charge in [-0.3, -0.25) is 14.7 Å². The van der Waals surface area contributed by atoms with Crippen LogP contribution in [0.25, 0.3) is 0 Å². The monoisotopic (exact) mass is 234 g/mol. The molecule has 0 bridgehead atoms. The second-order valence-electron chi connectivity index (χ2n) is 4.36. The molecule has 3 N–H and O–H groups in total. The van der Waals surface area contributed by atoms with Crippen molar-refractivity contribution in [3.63, 3.8) is 0 Å². The Morgan fingerprint density at radius 3 is 3.24 bits per heavy atom. The van der Waals surface area contributed by atoms with Gasteiger partial charge in [-0.2, -0.15) is 0 Å². The molecule has 1 saturated heterocycles. The molecule has 2 rings (SSSR count). The molecule has 1 unspecified atom stereocenters. The van der Waals surface area contributed by atoms with E-state index in [0.717, 1.165) is 26.2 Å². The molecule has 0 aromatic carbocycles. The lowest BCUT2D eigenvalue weighted by Gasteiger charge is -2.35. The van der Waals surface area contributed by atoms with Gasteiger partial charge in [0.2, 0.25) is 5.91 Å². The van der Waals surface area contributed by atoms with E-state index in [1.54, 1.807) is 6.20 Å². The van der Waals surface area contributed by atoms with Gasteiger partial charge < -0.3 is 11.1 Å². The molecule has 2 heterocycles. The molecule has 1 atom stereocenters. The van der Waals surface area contributed by atoms with E-state index >= 15 is 0 Å². The van der Waals surface area contributed by atoms with E-state index in [0.29, 0.717) is 6.42 Å².